The largest absolute Gasteiger partial charge is 0.481 e. The van der Waals surface area contributed by atoms with E-state index in [1.54, 1.807) is 12.1 Å². The fourth-order valence-corrected chi connectivity index (χ4v) is 3.81. The summed E-state index contributed by atoms with van der Waals surface area (Å²) in [5.41, 5.74) is 0.348. The Balaban J connectivity index is 2.12. The zero-order chi connectivity index (χ0) is 16.6. The van der Waals surface area contributed by atoms with Gasteiger partial charge in [0.1, 0.15) is 10.9 Å². The molecule has 0 aromatic carbocycles. The predicted octanol–water partition coefficient (Wildman–Crippen LogP) is 1.02. The van der Waals surface area contributed by atoms with Gasteiger partial charge in [0.15, 0.2) is 5.82 Å². The molecule has 0 radical (unpaired) electrons. The van der Waals surface area contributed by atoms with Crippen molar-refractivity contribution in [3.63, 3.8) is 0 Å². The Hall–Kier alpha value is -2.68. The third-order valence-electron chi connectivity index (χ3n) is 3.46. The van der Waals surface area contributed by atoms with Crippen molar-refractivity contribution in [1.29, 1.82) is 0 Å². The molecule has 3 heterocycles. The molecule has 0 saturated heterocycles. The van der Waals surface area contributed by atoms with Crippen molar-refractivity contribution >= 4 is 27.4 Å². The van der Waals surface area contributed by atoms with E-state index >= 15 is 0 Å². The molecule has 0 unspecified atom stereocenters. The van der Waals surface area contributed by atoms with Gasteiger partial charge in [-0.1, -0.05) is 0 Å². The second kappa shape index (κ2) is 5.51. The number of hydrogen-bond donors (Lipinski definition) is 1. The minimum atomic E-state index is -3.99. The number of aromatic nitrogens is 2. The van der Waals surface area contributed by atoms with E-state index in [1.165, 1.54) is 38.6 Å². The molecular weight excluding hydrogens is 320 g/mol. The summed E-state index contributed by atoms with van der Waals surface area (Å²) in [4.78, 5) is 20.0. The quantitative estimate of drug-likeness (QED) is 0.899. The van der Waals surface area contributed by atoms with Crippen molar-refractivity contribution in [1.82, 2.24) is 9.97 Å². The number of ether oxygens (including phenoxy) is 1. The molecular formula is C14H14N4O4S. The molecule has 1 aliphatic heterocycles. The Morgan fingerprint density at radius 2 is 2.04 bits per heavy atom. The molecule has 1 aliphatic rings. The minimum absolute atomic E-state index is 0.0450. The van der Waals surface area contributed by atoms with Crippen molar-refractivity contribution in [2.45, 2.75) is 17.9 Å². The van der Waals surface area contributed by atoms with Gasteiger partial charge in [-0.3, -0.25) is 4.79 Å². The Labute approximate surface area is 133 Å². The highest BCUT2D eigenvalue weighted by Gasteiger charge is 2.39. The van der Waals surface area contributed by atoms with E-state index in [0.717, 1.165) is 4.31 Å². The summed E-state index contributed by atoms with van der Waals surface area (Å²) in [6, 6.07) is 5.11. The van der Waals surface area contributed by atoms with Crippen molar-refractivity contribution in [3.05, 3.63) is 36.7 Å². The van der Waals surface area contributed by atoms with E-state index < -0.39 is 22.0 Å². The molecule has 9 heteroatoms. The second-order valence-corrected chi connectivity index (χ2v) is 6.69. The zero-order valence-electron chi connectivity index (χ0n) is 12.4. The SMILES string of the molecule is COc1ccc(S(=O)(=O)N2c3ncccc3NC(=O)[C@H]2C)cn1. The topological polar surface area (TPSA) is 101 Å². The number of rotatable bonds is 3. The molecule has 1 atom stereocenters. The van der Waals surface area contributed by atoms with Crippen molar-refractivity contribution in [2.24, 2.45) is 0 Å². The molecule has 120 valence electrons. The van der Waals surface area contributed by atoms with Gasteiger partial charge in [-0.05, 0) is 25.1 Å². The number of methoxy groups -OCH3 is 1. The lowest BCUT2D eigenvalue weighted by Gasteiger charge is -2.33. The number of hydrogen-bond acceptors (Lipinski definition) is 6. The molecule has 0 spiro atoms. The minimum Gasteiger partial charge on any atom is -0.481 e. The first-order valence-corrected chi connectivity index (χ1v) is 8.19. The van der Waals surface area contributed by atoms with E-state index in [4.69, 9.17) is 4.74 Å². The molecule has 0 saturated carbocycles. The highest BCUT2D eigenvalue weighted by atomic mass is 32.2. The van der Waals surface area contributed by atoms with Crippen LogP contribution in [-0.2, 0) is 14.8 Å². The van der Waals surface area contributed by atoms with E-state index in [2.05, 4.69) is 15.3 Å². The van der Waals surface area contributed by atoms with Gasteiger partial charge < -0.3 is 10.1 Å². The van der Waals surface area contributed by atoms with Crippen molar-refractivity contribution in [3.8, 4) is 5.88 Å². The number of carbonyl (C=O) groups is 1. The summed E-state index contributed by atoms with van der Waals surface area (Å²) in [5, 5.41) is 2.64. The molecule has 2 aromatic rings. The van der Waals surface area contributed by atoms with E-state index in [0.29, 0.717) is 11.6 Å². The third kappa shape index (κ3) is 2.48. The number of nitrogens with zero attached hydrogens (tertiary/aromatic N) is 3. The van der Waals surface area contributed by atoms with E-state index in [1.807, 2.05) is 0 Å². The molecule has 23 heavy (non-hydrogen) atoms. The maximum Gasteiger partial charge on any atom is 0.267 e. The smallest absolute Gasteiger partial charge is 0.267 e. The van der Waals surface area contributed by atoms with Crippen LogP contribution in [0, 0.1) is 0 Å². The van der Waals surface area contributed by atoms with Crippen LogP contribution in [0.2, 0.25) is 0 Å². The average Bonchev–Trinajstić information content (AvgIpc) is 2.55. The van der Waals surface area contributed by atoms with Crippen LogP contribution in [0.3, 0.4) is 0 Å². The Morgan fingerprint density at radius 1 is 1.26 bits per heavy atom. The van der Waals surface area contributed by atoms with Crippen LogP contribution >= 0.6 is 0 Å². The Kier molecular flexibility index (Phi) is 3.64. The Morgan fingerprint density at radius 3 is 2.70 bits per heavy atom. The van der Waals surface area contributed by atoms with Crippen LogP contribution in [0.4, 0.5) is 11.5 Å². The molecule has 3 rings (SSSR count). The maximum absolute atomic E-state index is 12.9. The monoisotopic (exact) mass is 334 g/mol. The van der Waals surface area contributed by atoms with Gasteiger partial charge in [-0.25, -0.2) is 22.7 Å². The number of amides is 1. The van der Waals surface area contributed by atoms with Crippen LogP contribution < -0.4 is 14.4 Å². The van der Waals surface area contributed by atoms with E-state index in [9.17, 15) is 13.2 Å². The summed E-state index contributed by atoms with van der Waals surface area (Å²) >= 11 is 0. The highest BCUT2D eigenvalue weighted by Crippen LogP contribution is 2.34. The van der Waals surface area contributed by atoms with E-state index in [-0.39, 0.29) is 10.7 Å². The molecule has 8 nitrogen and oxygen atoms in total. The van der Waals surface area contributed by atoms with Crippen LogP contribution in [0.5, 0.6) is 5.88 Å². The first-order valence-electron chi connectivity index (χ1n) is 6.75. The summed E-state index contributed by atoms with van der Waals surface area (Å²) in [6.45, 7) is 1.50. The van der Waals surface area contributed by atoms with Crippen molar-refractivity contribution in [2.75, 3.05) is 16.7 Å². The molecule has 0 bridgehead atoms. The molecule has 1 N–H and O–H groups in total. The van der Waals surface area contributed by atoms with Gasteiger partial charge in [-0.15, -0.1) is 0 Å². The lowest BCUT2D eigenvalue weighted by Crippen LogP contribution is -2.49. The Bertz CT molecular complexity index is 851. The summed E-state index contributed by atoms with van der Waals surface area (Å²) in [6.07, 6.45) is 2.66. The summed E-state index contributed by atoms with van der Waals surface area (Å²) < 4.78 is 31.8. The van der Waals surface area contributed by atoms with Gasteiger partial charge >= 0.3 is 0 Å². The molecule has 0 aliphatic carbocycles. The number of pyridine rings is 2. The third-order valence-corrected chi connectivity index (χ3v) is 5.30. The van der Waals surface area contributed by atoms with Gasteiger partial charge in [0, 0.05) is 12.3 Å². The summed E-state index contributed by atoms with van der Waals surface area (Å²) in [5.74, 6) is 0.0536. The number of sulfonamides is 1. The number of fused-ring (bicyclic) bond motifs is 1. The lowest BCUT2D eigenvalue weighted by molar-refractivity contribution is -0.117. The number of carbonyl (C=O) groups excluding carboxylic acids is 1. The van der Waals surface area contributed by atoms with Gasteiger partial charge in [0.2, 0.25) is 11.8 Å². The standard InChI is InChI=1S/C14H14N4O4S/c1-9-14(19)17-11-4-3-7-15-13(11)18(9)23(20,21)10-5-6-12(22-2)16-8-10/h3-9H,1-2H3,(H,17,19)/t9-/m1/s1. The van der Waals surface area contributed by atoms with Crippen LogP contribution in [0.15, 0.2) is 41.6 Å². The average molecular weight is 334 g/mol. The molecule has 1 amide bonds. The number of nitrogens with one attached hydrogen (secondary N) is 1. The zero-order valence-corrected chi connectivity index (χ0v) is 13.2. The summed E-state index contributed by atoms with van der Waals surface area (Å²) in [7, 11) is -2.55. The van der Waals surface area contributed by atoms with Gasteiger partial charge in [0.25, 0.3) is 10.0 Å². The first-order chi connectivity index (χ1) is 10.9. The first kappa shape index (κ1) is 15.2. The normalized spacial score (nSPS) is 17.4. The highest BCUT2D eigenvalue weighted by molar-refractivity contribution is 7.93. The fourth-order valence-electron chi connectivity index (χ4n) is 2.27. The van der Waals surface area contributed by atoms with Crippen LogP contribution in [0.25, 0.3) is 0 Å². The predicted molar refractivity (Wildman–Crippen MR) is 82.8 cm³/mol. The lowest BCUT2D eigenvalue weighted by atomic mass is 10.2. The maximum atomic E-state index is 12.9. The van der Waals surface area contributed by atoms with Crippen LogP contribution in [0.1, 0.15) is 6.92 Å². The van der Waals surface area contributed by atoms with Crippen LogP contribution in [-0.4, -0.2) is 37.4 Å². The van der Waals surface area contributed by atoms with Gasteiger partial charge in [-0.2, -0.15) is 0 Å². The molecule has 2 aromatic heterocycles. The second-order valence-electron chi connectivity index (χ2n) is 4.88. The fraction of sp³-hybridized carbons (Fsp3) is 0.214. The van der Waals surface area contributed by atoms with Crippen molar-refractivity contribution < 1.29 is 17.9 Å². The molecule has 0 fully saturated rings. The number of anilines is 2. The van der Waals surface area contributed by atoms with Gasteiger partial charge in [0.05, 0.1) is 19.0 Å².